The second kappa shape index (κ2) is 50.4. The van der Waals surface area contributed by atoms with Gasteiger partial charge in [-0.1, -0.05) is 89.8 Å². The van der Waals surface area contributed by atoms with E-state index in [4.69, 9.17) is 22.6 Å². The Labute approximate surface area is 767 Å². The van der Waals surface area contributed by atoms with Crippen molar-refractivity contribution in [2.45, 2.75) is 216 Å². The Kier molecular flexibility index (Phi) is 39.8. The number of thiophene rings is 1. The number of para-hydroxylation sites is 2. The highest BCUT2D eigenvalue weighted by Gasteiger charge is 2.44. The molecule has 2 aliphatic heterocycles. The number of hydrogen-bond donors (Lipinski definition) is 18. The van der Waals surface area contributed by atoms with Gasteiger partial charge in [-0.3, -0.25) is 86.9 Å². The number of likely N-dealkylation sites (N-methyl/N-ethyl adjacent to an activating group) is 4. The zero-order valence-corrected chi connectivity index (χ0v) is 77.0. The van der Waals surface area contributed by atoms with E-state index in [1.165, 1.54) is 63.9 Å². The summed E-state index contributed by atoms with van der Waals surface area (Å²) in [6, 6.07) is -1.96. The van der Waals surface area contributed by atoms with E-state index in [0.29, 0.717) is 69.9 Å². The van der Waals surface area contributed by atoms with Gasteiger partial charge in [0.2, 0.25) is 94.5 Å². The second-order valence-electron chi connectivity index (χ2n) is 33.6. The molecule has 41 nitrogen and oxygen atoms in total. The van der Waals surface area contributed by atoms with Crippen LogP contribution in [0.25, 0.3) is 21.8 Å². The molecule has 2 aliphatic rings. The number of unbranched alkanes of at least 4 members (excludes halogenated alkanes) is 2. The summed E-state index contributed by atoms with van der Waals surface area (Å²) in [7, 11) is 5.31. The largest absolute Gasteiger partial charge is 0.394 e. The minimum atomic E-state index is -1.81. The minimum Gasteiger partial charge on any atom is -0.394 e. The number of carbonyl (C=O) groups excluding carboxylic acids is 17. The Hall–Kier alpha value is -12.8. The van der Waals surface area contributed by atoms with Crippen LogP contribution in [0.3, 0.4) is 0 Å². The molecule has 0 radical (unpaired) electrons. The van der Waals surface area contributed by atoms with E-state index in [1.54, 1.807) is 91.6 Å². The number of fused-ring (bicyclic) bond motifs is 3. The number of nitrogens with one attached hydrogen (secondary N) is 14. The fourth-order valence-corrected chi connectivity index (χ4v) is 17.4. The first-order valence-corrected chi connectivity index (χ1v) is 46.0. The number of carbonyl (C=O) groups is 17. The maximum Gasteiger partial charge on any atom is 0.246 e. The van der Waals surface area contributed by atoms with E-state index >= 15 is 24.0 Å². The van der Waals surface area contributed by atoms with Gasteiger partial charge in [0.25, 0.3) is 0 Å². The summed E-state index contributed by atoms with van der Waals surface area (Å²) in [6.45, 7) is 6.12. The van der Waals surface area contributed by atoms with E-state index in [-0.39, 0.29) is 89.6 Å². The lowest BCUT2D eigenvalue weighted by atomic mass is 9.92. The van der Waals surface area contributed by atoms with E-state index in [0.717, 1.165) is 31.4 Å². The van der Waals surface area contributed by atoms with Gasteiger partial charge in [-0.05, 0) is 110 Å². The minimum absolute atomic E-state index is 0.00330. The molecule has 0 bridgehead atoms. The normalized spacial score (nSPS) is 23.7. The Morgan fingerprint density at radius 2 is 1.18 bits per heavy atom. The average Bonchev–Trinajstić information content (AvgIpc) is 1.77. The topological polar surface area (TPSA) is 609 Å². The molecule has 13 atom stereocenters. The number of H-pyrrole nitrogens is 3. The number of nitrogens with zero attached hydrogens (tertiary/aromatic N) is 6. The van der Waals surface area contributed by atoms with Crippen LogP contribution in [0.15, 0.2) is 90.3 Å². The molecule has 2 saturated heterocycles. The van der Waals surface area contributed by atoms with E-state index < -0.39 is 229 Å². The number of nitrogens with two attached hydrogens (primary N) is 3. The monoisotopic (exact) mass is 1860 g/mol. The summed E-state index contributed by atoms with van der Waals surface area (Å²) in [5.41, 5.74) is 20.2. The first-order chi connectivity index (χ1) is 62.4. The second-order valence-corrected chi connectivity index (χ2v) is 35.4. The number of thioether (sulfide) groups is 1. The van der Waals surface area contributed by atoms with Gasteiger partial charge < -0.3 is 115 Å². The van der Waals surface area contributed by atoms with Crippen molar-refractivity contribution in [2.75, 3.05) is 72.5 Å². The highest BCUT2D eigenvalue weighted by Crippen LogP contribution is 2.27. The maximum absolute atomic E-state index is 15.7. The van der Waals surface area contributed by atoms with Gasteiger partial charge in [0.1, 0.15) is 72.5 Å². The predicted octanol–water partition coefficient (Wildman–Crippen LogP) is -0.986. The predicted molar refractivity (Wildman–Crippen MR) is 489 cm³/mol. The molecule has 6 heterocycles. The standard InChI is InChI=1S/C88H125N23O18S2/c1-10-12-25-69-81(123)100-61(24-18-29-94-88(91)92)78(120)106-68(77(119)97-42-73(90)115)46-131-47-74(116)99-64(33-51-28-31-130-45-51)84(126)108(7)50(5)75(117)102-66(38-72(89)114)86(128)111-30-19-27-70(111)82(124)101-62(37-55-41-93-48-98-55)79(121)103-63(32-49(3)4)83(125)107(6)43-56(113)35-52(34-53-39-95-59-22-16-14-20-57(53)59)76(118)105-67(44-112)80(122)104-65(36-54-40-96-60-23-17-15-21-58(54)60)85(127)110(9)71(26-13-11-2)87(129)109(69)8/h14-17,20-23,28,31,39-41,45,48-50,52,61-71,95-96,112H,10-13,18-19,24-27,29-30,32-38,42-44,46-47H2,1-9H3,(H2,89,114)(H2,90,115)(H,93,98)(H,97,119)(H,99,116)(H,100,123)(H,101,124)(H,102,117)(H,103,121)(H,104,122)(H,105,118)(H,106,120)(H4,91,92,94)/t50-,52+,61-,62-,63-,64-,65-,66-,67-,68?,69-,70-,71-/m0/s1. The van der Waals surface area contributed by atoms with Gasteiger partial charge in [-0.2, -0.15) is 11.3 Å². The summed E-state index contributed by atoms with van der Waals surface area (Å²) in [5.74, 6) is -17.9. The molecule has 4 aromatic heterocycles. The van der Waals surface area contributed by atoms with Crippen molar-refractivity contribution in [3.05, 3.63) is 113 Å². The van der Waals surface area contributed by atoms with Gasteiger partial charge in [0, 0.05) is 125 Å². The van der Waals surface area contributed by atoms with Crippen LogP contribution in [0.4, 0.5) is 0 Å². The molecule has 0 spiro atoms. The van der Waals surface area contributed by atoms with Crippen molar-refractivity contribution < 1.29 is 86.6 Å². The number of imidazole rings is 1. The summed E-state index contributed by atoms with van der Waals surface area (Å²) in [5, 5.41) is 50.3. The number of guanidine groups is 1. The molecule has 8 rings (SSSR count). The van der Waals surface area contributed by atoms with Gasteiger partial charge in [0.15, 0.2) is 11.7 Å². The third kappa shape index (κ3) is 30.1. The van der Waals surface area contributed by atoms with Crippen LogP contribution in [0.1, 0.15) is 140 Å². The molecule has 0 aliphatic carbocycles. The van der Waals surface area contributed by atoms with E-state index in [9.17, 15) is 62.6 Å². The lowest BCUT2D eigenvalue weighted by Crippen LogP contribution is -2.61. The van der Waals surface area contributed by atoms with Crippen LogP contribution in [0.2, 0.25) is 0 Å². The highest BCUT2D eigenvalue weighted by molar-refractivity contribution is 8.00. The zero-order valence-electron chi connectivity index (χ0n) is 75.3. The number of amides is 16. The summed E-state index contributed by atoms with van der Waals surface area (Å²) >= 11 is 2.09. The van der Waals surface area contributed by atoms with Crippen LogP contribution in [-0.2, 0) is 107 Å². The molecule has 21 N–H and O–H groups in total. The SMILES string of the molecule is CCCC[C@H]1C(=O)N(C)[C@@H](CCCC)C(=O)N[C@@H](CCCNC(=N)N)C(=O)NC(C(=O)NCC(N)=O)CSCC(=O)N[C@@H](Cc2ccsc2)C(=O)N(C)[C@@H](C)C(=O)N[C@@H](CC(N)=O)C(=O)N2CCC[C@H]2C(=O)N[C@@H](Cc2cnc[nH]2)C(=O)N[C@@H](CC(C)C)C(=O)N(C)CC(=O)C[C@@H](Cc2c[nH]c3ccccc23)C(=O)N[C@@H](CO)C(=O)N[C@@H](Cc2c[nH]c3ccccc23)C(=O)N1C. The number of aliphatic hydroxyl groups excluding tert-OH is 1. The molecule has 712 valence electrons. The van der Waals surface area contributed by atoms with Crippen molar-refractivity contribution in [3.8, 4) is 0 Å². The Morgan fingerprint density at radius 1 is 0.588 bits per heavy atom. The van der Waals surface area contributed by atoms with Crippen LogP contribution in [0.5, 0.6) is 0 Å². The number of benzene rings is 2. The molecule has 16 amide bonds. The van der Waals surface area contributed by atoms with Gasteiger partial charge >= 0.3 is 0 Å². The van der Waals surface area contributed by atoms with Crippen LogP contribution >= 0.6 is 23.1 Å². The Balaban J connectivity index is 1.18. The van der Waals surface area contributed by atoms with Gasteiger partial charge in [-0.15, -0.1) is 11.8 Å². The van der Waals surface area contributed by atoms with Crippen molar-refractivity contribution in [1.29, 1.82) is 5.41 Å². The number of hydrogen-bond acceptors (Lipinski definition) is 22. The number of aliphatic hydroxyl groups is 1. The maximum atomic E-state index is 15.7. The fraction of sp³-hybridized carbons (Fsp3) is 0.534. The summed E-state index contributed by atoms with van der Waals surface area (Å²) in [6.07, 6.45) is 5.77. The molecular weight excluding hydrogens is 1730 g/mol. The van der Waals surface area contributed by atoms with Crippen molar-refractivity contribution >= 4 is 151 Å². The molecule has 2 aromatic carbocycles. The highest BCUT2D eigenvalue weighted by atomic mass is 32.2. The molecule has 1 unspecified atom stereocenters. The van der Waals surface area contributed by atoms with E-state index in [1.807, 2.05) is 13.8 Å². The van der Waals surface area contributed by atoms with Crippen LogP contribution < -0.4 is 70.4 Å². The van der Waals surface area contributed by atoms with Crippen molar-refractivity contribution in [1.82, 2.24) is 97.6 Å². The third-order valence-corrected chi connectivity index (χ3v) is 24.9. The number of rotatable bonds is 26. The van der Waals surface area contributed by atoms with Gasteiger partial charge in [-0.25, -0.2) is 4.98 Å². The lowest BCUT2D eigenvalue weighted by molar-refractivity contribution is -0.149. The number of Topliss-reactive ketones (excluding diaryl/α,β-unsaturated/α-hetero) is 1. The lowest BCUT2D eigenvalue weighted by Gasteiger charge is -2.36. The van der Waals surface area contributed by atoms with Gasteiger partial charge in [0.05, 0.1) is 38.2 Å². The van der Waals surface area contributed by atoms with Crippen molar-refractivity contribution in [2.24, 2.45) is 29.0 Å². The number of aromatic nitrogens is 4. The number of ketones is 1. The average molecular weight is 1860 g/mol. The summed E-state index contributed by atoms with van der Waals surface area (Å²) in [4.78, 5) is 267. The smallest absolute Gasteiger partial charge is 0.246 e. The first kappa shape index (κ1) is 104. The Morgan fingerprint density at radius 3 is 1.79 bits per heavy atom. The van der Waals surface area contributed by atoms with Crippen molar-refractivity contribution in [3.63, 3.8) is 0 Å². The molecule has 43 heteroatoms. The van der Waals surface area contributed by atoms with E-state index in [2.05, 4.69) is 73.1 Å². The number of primary amides is 2. The molecular formula is C88H125N23O18S2. The third-order valence-electron chi connectivity index (χ3n) is 23.1. The Bertz CT molecular complexity index is 5000. The fourth-order valence-electron chi connectivity index (χ4n) is 15.9. The number of aromatic amines is 3. The van der Waals surface area contributed by atoms with Crippen LogP contribution in [0, 0.1) is 17.2 Å². The summed E-state index contributed by atoms with van der Waals surface area (Å²) < 4.78 is 0. The molecule has 2 fully saturated rings. The quantitative estimate of drug-likeness (QED) is 0.0176. The molecule has 6 aromatic rings. The first-order valence-electron chi connectivity index (χ1n) is 43.9. The van der Waals surface area contributed by atoms with Crippen LogP contribution in [-0.4, -0.2) is 301 Å². The zero-order chi connectivity index (χ0) is 95.9. The molecule has 131 heavy (non-hydrogen) atoms. The molecule has 0 saturated carbocycles.